The molecule has 5 heteroatoms. The van der Waals surface area contributed by atoms with Crippen LogP contribution in [-0.4, -0.2) is 4.98 Å². The van der Waals surface area contributed by atoms with Crippen molar-refractivity contribution in [1.29, 1.82) is 5.26 Å². The van der Waals surface area contributed by atoms with Crippen molar-refractivity contribution >= 4 is 23.2 Å². The highest BCUT2D eigenvalue weighted by molar-refractivity contribution is 6.42. The largest absolute Gasteiger partial charge is 0.253 e. The molecule has 2 nitrogen and oxygen atoms in total. The van der Waals surface area contributed by atoms with Crippen LogP contribution in [0.1, 0.15) is 5.56 Å². The molecule has 0 amide bonds. The van der Waals surface area contributed by atoms with Gasteiger partial charge in [-0.1, -0.05) is 29.3 Å². The molecule has 0 fully saturated rings. The Hall–Kier alpha value is -1.63. The molecule has 90 valence electrons. The summed E-state index contributed by atoms with van der Waals surface area (Å²) in [5, 5.41) is 9.46. The SMILES string of the molecule is N#CCc1cc(-c2ccc(Cl)c(Cl)c2)ncc1F. The van der Waals surface area contributed by atoms with Crippen LogP contribution >= 0.6 is 23.2 Å². The summed E-state index contributed by atoms with van der Waals surface area (Å²) >= 11 is 11.7. The first kappa shape index (κ1) is 12.8. The Kier molecular flexibility index (Phi) is 3.81. The standard InChI is InChI=1S/C13H7Cl2FN2/c14-10-2-1-9(5-11(10)15)13-6-8(3-4-17)12(16)7-18-13/h1-2,5-7H,3H2. The highest BCUT2D eigenvalue weighted by atomic mass is 35.5. The first-order valence-corrected chi connectivity index (χ1v) is 5.84. The van der Waals surface area contributed by atoms with Crippen LogP contribution in [0.15, 0.2) is 30.5 Å². The van der Waals surface area contributed by atoms with E-state index in [-0.39, 0.29) is 6.42 Å². The minimum Gasteiger partial charge on any atom is -0.253 e. The van der Waals surface area contributed by atoms with Crippen LogP contribution in [0.2, 0.25) is 10.0 Å². The van der Waals surface area contributed by atoms with E-state index in [9.17, 15) is 4.39 Å². The van der Waals surface area contributed by atoms with Gasteiger partial charge in [0.05, 0.1) is 34.4 Å². The molecule has 0 spiro atoms. The van der Waals surface area contributed by atoms with Crippen molar-refractivity contribution in [3.8, 4) is 17.3 Å². The van der Waals surface area contributed by atoms with Crippen molar-refractivity contribution in [2.24, 2.45) is 0 Å². The quantitative estimate of drug-likeness (QED) is 0.824. The highest BCUT2D eigenvalue weighted by Gasteiger charge is 2.08. The summed E-state index contributed by atoms with van der Waals surface area (Å²) in [6.07, 6.45) is 1.10. The van der Waals surface area contributed by atoms with E-state index in [1.54, 1.807) is 18.2 Å². The van der Waals surface area contributed by atoms with Crippen molar-refractivity contribution < 1.29 is 4.39 Å². The summed E-state index contributed by atoms with van der Waals surface area (Å²) < 4.78 is 13.4. The summed E-state index contributed by atoms with van der Waals surface area (Å²) in [6, 6.07) is 8.49. The van der Waals surface area contributed by atoms with E-state index in [0.717, 1.165) is 11.8 Å². The van der Waals surface area contributed by atoms with Gasteiger partial charge in [0, 0.05) is 11.1 Å². The van der Waals surface area contributed by atoms with E-state index in [1.165, 1.54) is 6.07 Å². The number of hydrogen-bond donors (Lipinski definition) is 0. The van der Waals surface area contributed by atoms with Gasteiger partial charge in [-0.3, -0.25) is 4.98 Å². The van der Waals surface area contributed by atoms with Gasteiger partial charge < -0.3 is 0 Å². The lowest BCUT2D eigenvalue weighted by Crippen LogP contribution is -1.93. The molecule has 0 saturated carbocycles. The Morgan fingerprint density at radius 3 is 2.67 bits per heavy atom. The number of halogens is 3. The van der Waals surface area contributed by atoms with Gasteiger partial charge in [0.2, 0.25) is 0 Å². The monoisotopic (exact) mass is 280 g/mol. The van der Waals surface area contributed by atoms with Gasteiger partial charge in [0.25, 0.3) is 0 Å². The number of pyridine rings is 1. The predicted molar refractivity (Wildman–Crippen MR) is 69.0 cm³/mol. The molecule has 0 atom stereocenters. The lowest BCUT2D eigenvalue weighted by atomic mass is 10.1. The van der Waals surface area contributed by atoms with Crippen LogP contribution in [0.5, 0.6) is 0 Å². The Labute approximate surface area is 114 Å². The van der Waals surface area contributed by atoms with Crippen molar-refractivity contribution in [2.45, 2.75) is 6.42 Å². The van der Waals surface area contributed by atoms with Crippen LogP contribution in [0, 0.1) is 17.1 Å². The molecule has 0 aliphatic heterocycles. The molecule has 0 aliphatic carbocycles. The fourth-order valence-electron chi connectivity index (χ4n) is 1.51. The molecule has 1 aromatic heterocycles. The number of hydrogen-bond acceptors (Lipinski definition) is 2. The lowest BCUT2D eigenvalue weighted by molar-refractivity contribution is 0.609. The molecule has 0 N–H and O–H groups in total. The Morgan fingerprint density at radius 2 is 2.00 bits per heavy atom. The fourth-order valence-corrected chi connectivity index (χ4v) is 1.81. The van der Waals surface area contributed by atoms with Crippen LogP contribution < -0.4 is 0 Å². The van der Waals surface area contributed by atoms with Crippen LogP contribution in [0.3, 0.4) is 0 Å². The smallest absolute Gasteiger partial charge is 0.145 e. The normalized spacial score (nSPS) is 10.1. The summed E-state index contributed by atoms with van der Waals surface area (Å²) in [5.41, 5.74) is 1.59. The number of aromatic nitrogens is 1. The molecule has 1 heterocycles. The van der Waals surface area contributed by atoms with Gasteiger partial charge in [-0.25, -0.2) is 4.39 Å². The average molecular weight is 281 g/mol. The number of nitriles is 1. The molecule has 0 aliphatic rings. The third-order valence-electron chi connectivity index (χ3n) is 2.42. The second kappa shape index (κ2) is 5.34. The van der Waals surface area contributed by atoms with Crippen LogP contribution in [-0.2, 0) is 6.42 Å². The van der Waals surface area contributed by atoms with Crippen molar-refractivity contribution in [3.63, 3.8) is 0 Å². The van der Waals surface area contributed by atoms with Crippen molar-refractivity contribution in [2.75, 3.05) is 0 Å². The molecule has 18 heavy (non-hydrogen) atoms. The van der Waals surface area contributed by atoms with Gasteiger partial charge in [-0.15, -0.1) is 0 Å². The Balaban J connectivity index is 2.48. The second-order valence-corrected chi connectivity index (χ2v) is 4.44. The second-order valence-electron chi connectivity index (χ2n) is 3.62. The van der Waals surface area contributed by atoms with E-state index in [0.29, 0.717) is 21.3 Å². The molecule has 2 aromatic rings. The zero-order chi connectivity index (χ0) is 13.1. The first-order chi connectivity index (χ1) is 8.61. The zero-order valence-electron chi connectivity index (χ0n) is 9.12. The van der Waals surface area contributed by atoms with E-state index in [2.05, 4.69) is 4.98 Å². The minimum absolute atomic E-state index is 0.00265. The Morgan fingerprint density at radius 1 is 1.22 bits per heavy atom. The molecule has 0 bridgehead atoms. The summed E-state index contributed by atoms with van der Waals surface area (Å²) in [4.78, 5) is 3.98. The molecular formula is C13H7Cl2FN2. The van der Waals surface area contributed by atoms with Crippen LogP contribution in [0.4, 0.5) is 4.39 Å². The third kappa shape index (κ3) is 2.61. The van der Waals surface area contributed by atoms with Gasteiger partial charge >= 0.3 is 0 Å². The number of benzene rings is 1. The Bertz CT molecular complexity index is 635. The van der Waals surface area contributed by atoms with Gasteiger partial charge in [0.15, 0.2) is 0 Å². The van der Waals surface area contributed by atoms with Gasteiger partial charge in [-0.2, -0.15) is 5.26 Å². The highest BCUT2D eigenvalue weighted by Crippen LogP contribution is 2.28. The maximum absolute atomic E-state index is 13.4. The van der Waals surface area contributed by atoms with Gasteiger partial charge in [0.1, 0.15) is 5.82 Å². The lowest BCUT2D eigenvalue weighted by Gasteiger charge is -2.05. The average Bonchev–Trinajstić information content (AvgIpc) is 2.36. The maximum atomic E-state index is 13.4. The van der Waals surface area contributed by atoms with Crippen molar-refractivity contribution in [1.82, 2.24) is 4.98 Å². The first-order valence-electron chi connectivity index (χ1n) is 5.08. The molecule has 0 saturated heterocycles. The predicted octanol–water partition coefficient (Wildman–Crippen LogP) is 4.26. The van der Waals surface area contributed by atoms with E-state index >= 15 is 0 Å². The van der Waals surface area contributed by atoms with Gasteiger partial charge in [-0.05, 0) is 18.2 Å². The van der Waals surface area contributed by atoms with E-state index < -0.39 is 5.82 Å². The molecule has 0 unspecified atom stereocenters. The number of rotatable bonds is 2. The third-order valence-corrected chi connectivity index (χ3v) is 3.16. The number of nitrogens with zero attached hydrogens (tertiary/aromatic N) is 2. The molecule has 0 radical (unpaired) electrons. The van der Waals surface area contributed by atoms with E-state index in [1.807, 2.05) is 6.07 Å². The molecule has 1 aromatic carbocycles. The molecular weight excluding hydrogens is 274 g/mol. The summed E-state index contributed by atoms with van der Waals surface area (Å²) in [7, 11) is 0. The fraction of sp³-hybridized carbons (Fsp3) is 0.0769. The zero-order valence-corrected chi connectivity index (χ0v) is 10.6. The summed E-state index contributed by atoms with van der Waals surface area (Å²) in [5.74, 6) is -0.486. The molecule has 2 rings (SSSR count). The topological polar surface area (TPSA) is 36.7 Å². The van der Waals surface area contributed by atoms with Crippen LogP contribution in [0.25, 0.3) is 11.3 Å². The minimum atomic E-state index is -0.486. The van der Waals surface area contributed by atoms with E-state index in [4.69, 9.17) is 28.5 Å². The van der Waals surface area contributed by atoms with Crippen molar-refractivity contribution in [3.05, 3.63) is 51.9 Å². The maximum Gasteiger partial charge on any atom is 0.145 e. The summed E-state index contributed by atoms with van der Waals surface area (Å²) in [6.45, 7) is 0.